The van der Waals surface area contributed by atoms with Gasteiger partial charge in [0.1, 0.15) is 17.8 Å². The van der Waals surface area contributed by atoms with Gasteiger partial charge in [-0.3, -0.25) is 0 Å². The average molecular weight is 731 g/mol. The summed E-state index contributed by atoms with van der Waals surface area (Å²) in [5, 5.41) is 0. The van der Waals surface area contributed by atoms with Gasteiger partial charge in [0.2, 0.25) is 0 Å². The van der Waals surface area contributed by atoms with Crippen molar-refractivity contribution in [2.24, 2.45) is 0 Å². The van der Waals surface area contributed by atoms with Gasteiger partial charge >= 0.3 is 0 Å². The van der Waals surface area contributed by atoms with Crippen molar-refractivity contribution < 1.29 is 28.4 Å². The second kappa shape index (κ2) is 27.9. The summed E-state index contributed by atoms with van der Waals surface area (Å²) in [6.45, 7) is 7.32. The third-order valence-corrected chi connectivity index (χ3v) is 10.1. The second-order valence-corrected chi connectivity index (χ2v) is 14.6. The van der Waals surface area contributed by atoms with Gasteiger partial charge in [0, 0.05) is 6.61 Å². The Hall–Kier alpha value is -2.58. The number of hydrogen-bond donors (Lipinski definition) is 0. The molecule has 0 aromatic heterocycles. The highest BCUT2D eigenvalue weighted by molar-refractivity contribution is 5.47. The van der Waals surface area contributed by atoms with Crippen LogP contribution in [0.3, 0.4) is 0 Å². The minimum atomic E-state index is -0.744. The fraction of sp³-hybridized carbons (Fsp3) is 0.617. The number of unbranched alkanes of at least 4 members (excludes halogenated alkanes) is 15. The number of rotatable bonds is 34. The lowest BCUT2D eigenvalue weighted by atomic mass is 9.80. The van der Waals surface area contributed by atoms with E-state index in [9.17, 15) is 0 Å². The van der Waals surface area contributed by atoms with Crippen LogP contribution in [0.5, 0.6) is 0 Å². The SMILES string of the molecule is CCCCCCCCCCCCCCCCCCOCC(COCCOCCOC(c1ccccc1)(c1ccccc1)c1ccccc1)OCC1CO1. The predicted octanol–water partition coefficient (Wildman–Crippen LogP) is 11.1. The van der Waals surface area contributed by atoms with Gasteiger partial charge in [0.25, 0.3) is 0 Å². The zero-order valence-electron chi connectivity index (χ0n) is 32.9. The molecule has 294 valence electrons. The molecule has 1 aliphatic heterocycles. The smallest absolute Gasteiger partial charge is 0.143 e. The summed E-state index contributed by atoms with van der Waals surface area (Å²) in [4.78, 5) is 0. The highest BCUT2D eigenvalue weighted by atomic mass is 16.6. The van der Waals surface area contributed by atoms with Gasteiger partial charge in [-0.2, -0.15) is 0 Å². The summed E-state index contributed by atoms with van der Waals surface area (Å²) < 4.78 is 36.2. The summed E-state index contributed by atoms with van der Waals surface area (Å²) in [5.74, 6) is 0. The topological polar surface area (TPSA) is 58.7 Å². The van der Waals surface area contributed by atoms with Crippen LogP contribution in [0, 0.1) is 0 Å². The van der Waals surface area contributed by atoms with Crippen molar-refractivity contribution in [1.29, 1.82) is 0 Å². The monoisotopic (exact) mass is 731 g/mol. The van der Waals surface area contributed by atoms with Crippen LogP contribution in [-0.2, 0) is 34.0 Å². The quantitative estimate of drug-likeness (QED) is 0.0346. The zero-order valence-corrected chi connectivity index (χ0v) is 32.9. The first-order valence-electron chi connectivity index (χ1n) is 21.1. The summed E-state index contributed by atoms with van der Waals surface area (Å²) >= 11 is 0. The molecular formula is C47H70O6. The lowest BCUT2D eigenvalue weighted by Gasteiger charge is -2.36. The van der Waals surface area contributed by atoms with E-state index in [-0.39, 0.29) is 12.2 Å². The van der Waals surface area contributed by atoms with E-state index in [1.165, 1.54) is 96.3 Å². The average Bonchev–Trinajstić information content (AvgIpc) is 4.04. The Kier molecular flexibility index (Phi) is 22.7. The number of hydrogen-bond acceptors (Lipinski definition) is 6. The first-order valence-corrected chi connectivity index (χ1v) is 21.1. The van der Waals surface area contributed by atoms with E-state index >= 15 is 0 Å². The van der Waals surface area contributed by atoms with E-state index in [1.807, 2.05) is 18.2 Å². The predicted molar refractivity (Wildman–Crippen MR) is 217 cm³/mol. The van der Waals surface area contributed by atoms with E-state index in [1.54, 1.807) is 0 Å². The van der Waals surface area contributed by atoms with E-state index in [4.69, 9.17) is 28.4 Å². The maximum Gasteiger partial charge on any atom is 0.143 e. The van der Waals surface area contributed by atoms with Crippen molar-refractivity contribution in [2.45, 2.75) is 127 Å². The molecule has 0 bridgehead atoms. The Morgan fingerprint density at radius 2 is 0.906 bits per heavy atom. The van der Waals surface area contributed by atoms with Crippen molar-refractivity contribution in [1.82, 2.24) is 0 Å². The second-order valence-electron chi connectivity index (χ2n) is 14.6. The van der Waals surface area contributed by atoms with Gasteiger partial charge in [0.05, 0.1) is 52.9 Å². The van der Waals surface area contributed by atoms with Crippen LogP contribution in [-0.4, -0.2) is 71.7 Å². The Bertz CT molecular complexity index is 1160. The summed E-state index contributed by atoms with van der Waals surface area (Å²) in [7, 11) is 0. The van der Waals surface area contributed by atoms with Crippen LogP contribution < -0.4 is 0 Å². The summed E-state index contributed by atoms with van der Waals surface area (Å²) in [6, 6.07) is 31.3. The van der Waals surface area contributed by atoms with Crippen LogP contribution in [0.15, 0.2) is 91.0 Å². The van der Waals surface area contributed by atoms with E-state index in [0.29, 0.717) is 46.2 Å². The normalized spacial score (nSPS) is 14.8. The highest BCUT2D eigenvalue weighted by Gasteiger charge is 2.37. The number of epoxide rings is 1. The fourth-order valence-electron chi connectivity index (χ4n) is 6.98. The van der Waals surface area contributed by atoms with Crippen molar-refractivity contribution in [3.63, 3.8) is 0 Å². The molecule has 1 heterocycles. The molecule has 0 radical (unpaired) electrons. The van der Waals surface area contributed by atoms with Gasteiger partial charge in [-0.15, -0.1) is 0 Å². The maximum absolute atomic E-state index is 6.81. The van der Waals surface area contributed by atoms with Crippen molar-refractivity contribution in [2.75, 3.05) is 59.5 Å². The molecule has 6 nitrogen and oxygen atoms in total. The van der Waals surface area contributed by atoms with E-state index in [0.717, 1.165) is 36.3 Å². The first kappa shape index (κ1) is 43.2. The third-order valence-electron chi connectivity index (χ3n) is 10.1. The molecule has 1 aliphatic rings. The van der Waals surface area contributed by atoms with Crippen LogP contribution in [0.1, 0.15) is 126 Å². The molecule has 0 saturated carbocycles. The van der Waals surface area contributed by atoms with Gasteiger partial charge < -0.3 is 28.4 Å². The maximum atomic E-state index is 6.81. The van der Waals surface area contributed by atoms with Crippen molar-refractivity contribution in [3.05, 3.63) is 108 Å². The molecule has 0 amide bonds. The largest absolute Gasteiger partial charge is 0.379 e. The number of ether oxygens (including phenoxy) is 6. The molecule has 3 aromatic carbocycles. The van der Waals surface area contributed by atoms with E-state index in [2.05, 4.69) is 79.7 Å². The minimum Gasteiger partial charge on any atom is -0.379 e. The molecule has 1 saturated heterocycles. The molecular weight excluding hydrogens is 661 g/mol. The lowest BCUT2D eigenvalue weighted by Crippen LogP contribution is -2.34. The Labute approximate surface area is 322 Å². The van der Waals surface area contributed by atoms with Gasteiger partial charge in [-0.05, 0) is 23.1 Å². The molecule has 3 aromatic rings. The van der Waals surface area contributed by atoms with E-state index < -0.39 is 5.60 Å². The first-order chi connectivity index (χ1) is 26.3. The minimum absolute atomic E-state index is 0.105. The zero-order chi connectivity index (χ0) is 36.9. The molecule has 53 heavy (non-hydrogen) atoms. The van der Waals surface area contributed by atoms with Crippen LogP contribution in [0.4, 0.5) is 0 Å². The fourth-order valence-corrected chi connectivity index (χ4v) is 6.98. The Balaban J connectivity index is 1.04. The van der Waals surface area contributed by atoms with Crippen LogP contribution >= 0.6 is 0 Å². The summed E-state index contributed by atoms with van der Waals surface area (Å²) in [6.07, 6.45) is 22.1. The van der Waals surface area contributed by atoms with Crippen molar-refractivity contribution >= 4 is 0 Å². The Morgan fingerprint density at radius 1 is 0.509 bits per heavy atom. The molecule has 2 unspecified atom stereocenters. The molecule has 4 rings (SSSR count). The standard InChI is InChI=1S/C47H70O6/c1-2-3-4-5-6-7-8-9-10-11-12-13-14-15-16-26-33-49-38-45(51-40-46-41-52-46)39-50-35-34-48-36-37-53-47(42-27-20-17-21-28-42,43-29-22-18-23-30-43)44-31-24-19-25-32-44/h17-25,27-32,45-46H,2-16,26,33-41H2,1H3. The molecule has 2 atom stereocenters. The van der Waals surface area contributed by atoms with Gasteiger partial charge in [-0.25, -0.2) is 0 Å². The number of benzene rings is 3. The molecule has 0 N–H and O–H groups in total. The lowest BCUT2D eigenvalue weighted by molar-refractivity contribution is -0.0744. The molecule has 6 heteroatoms. The molecule has 0 aliphatic carbocycles. The van der Waals surface area contributed by atoms with Gasteiger partial charge in [-0.1, -0.05) is 194 Å². The van der Waals surface area contributed by atoms with Crippen molar-refractivity contribution in [3.8, 4) is 0 Å². The highest BCUT2D eigenvalue weighted by Crippen LogP contribution is 2.40. The van der Waals surface area contributed by atoms with Gasteiger partial charge in [0.15, 0.2) is 0 Å². The third kappa shape index (κ3) is 17.6. The summed E-state index contributed by atoms with van der Waals surface area (Å²) in [5.41, 5.74) is 2.51. The molecule has 0 spiro atoms. The molecule has 1 fully saturated rings. The van der Waals surface area contributed by atoms with Crippen LogP contribution in [0.2, 0.25) is 0 Å². The van der Waals surface area contributed by atoms with Crippen LogP contribution in [0.25, 0.3) is 0 Å². The Morgan fingerprint density at radius 3 is 1.36 bits per heavy atom.